The predicted octanol–water partition coefficient (Wildman–Crippen LogP) is 3.52. The molecular formula is C21H23N5O3S. The molecule has 3 heterocycles. The van der Waals surface area contributed by atoms with Gasteiger partial charge in [-0.3, -0.25) is 4.79 Å². The number of hydrogen-bond donors (Lipinski definition) is 3. The van der Waals surface area contributed by atoms with Crippen molar-refractivity contribution in [2.24, 2.45) is 5.73 Å². The van der Waals surface area contributed by atoms with Crippen LogP contribution in [0.25, 0.3) is 0 Å². The van der Waals surface area contributed by atoms with Crippen molar-refractivity contribution in [1.82, 2.24) is 9.97 Å². The highest BCUT2D eigenvalue weighted by Crippen LogP contribution is 2.30. The lowest BCUT2D eigenvalue weighted by Gasteiger charge is -2.33. The minimum atomic E-state index is -0.309. The Balaban J connectivity index is 1.46. The van der Waals surface area contributed by atoms with Crippen molar-refractivity contribution in [2.75, 3.05) is 23.3 Å². The lowest BCUT2D eigenvalue weighted by molar-refractivity contribution is 0.102. The number of benzene rings is 1. The Hall–Kier alpha value is -3.17. The first-order valence-electron chi connectivity index (χ1n) is 9.70. The molecule has 3 aromatic rings. The van der Waals surface area contributed by atoms with Gasteiger partial charge in [-0.25, -0.2) is 4.98 Å². The number of hydrogen-bond acceptors (Lipinski definition) is 8. The Morgan fingerprint density at radius 3 is 2.80 bits per heavy atom. The number of carbonyl (C=O) groups is 1. The van der Waals surface area contributed by atoms with E-state index in [9.17, 15) is 9.90 Å². The second-order valence-corrected chi connectivity index (χ2v) is 8.02. The number of aromatic hydroxyl groups is 1. The molecule has 1 saturated heterocycles. The number of rotatable bonds is 5. The van der Waals surface area contributed by atoms with Gasteiger partial charge in [0.1, 0.15) is 11.4 Å². The number of nitrogens with two attached hydrogens (primary N) is 1. The Morgan fingerprint density at radius 1 is 1.27 bits per heavy atom. The summed E-state index contributed by atoms with van der Waals surface area (Å²) in [7, 11) is 0. The Bertz CT molecular complexity index is 1030. The van der Waals surface area contributed by atoms with Gasteiger partial charge in [-0.2, -0.15) is 4.98 Å². The first-order valence-corrected chi connectivity index (χ1v) is 10.6. The average molecular weight is 426 g/mol. The molecule has 9 heteroatoms. The van der Waals surface area contributed by atoms with E-state index in [0.29, 0.717) is 16.6 Å². The average Bonchev–Trinajstić information content (AvgIpc) is 3.17. The molecule has 4 rings (SSSR count). The number of aryl methyl sites for hydroxylation is 1. The zero-order valence-electron chi connectivity index (χ0n) is 16.5. The molecule has 1 amide bonds. The first-order chi connectivity index (χ1) is 14.5. The lowest BCUT2D eigenvalue weighted by Crippen LogP contribution is -2.40. The van der Waals surface area contributed by atoms with Gasteiger partial charge in [-0.15, -0.1) is 0 Å². The van der Waals surface area contributed by atoms with E-state index in [2.05, 4.69) is 20.2 Å². The van der Waals surface area contributed by atoms with Crippen LogP contribution >= 0.6 is 11.3 Å². The first kappa shape index (κ1) is 20.1. The molecule has 2 aromatic heterocycles. The van der Waals surface area contributed by atoms with Crippen LogP contribution in [-0.4, -0.2) is 40.1 Å². The van der Waals surface area contributed by atoms with E-state index in [-0.39, 0.29) is 23.5 Å². The van der Waals surface area contributed by atoms with Gasteiger partial charge < -0.3 is 25.8 Å². The van der Waals surface area contributed by atoms with Crippen molar-refractivity contribution in [3.63, 3.8) is 0 Å². The van der Waals surface area contributed by atoms with Crippen molar-refractivity contribution in [3.05, 3.63) is 53.2 Å². The number of thiazole rings is 1. The number of aromatic nitrogens is 2. The molecule has 156 valence electrons. The smallest absolute Gasteiger partial charge is 0.279 e. The Labute approximate surface area is 178 Å². The van der Waals surface area contributed by atoms with Crippen molar-refractivity contribution in [1.29, 1.82) is 0 Å². The largest absolute Gasteiger partial charge is 0.493 e. The standard InChI is InChI=1S/C21H23N5O3S/c1-13-10-15(11-19(27)23-13)29-21-25-17(12-30-21)20(28)24-16-4-2-3-5-18(16)26-8-6-14(22)7-9-26/h2-5,10-12,14H,6-9,22H2,1H3,(H,23,27)(H,24,28). The third kappa shape index (κ3) is 4.69. The fourth-order valence-corrected chi connectivity index (χ4v) is 4.04. The highest BCUT2D eigenvalue weighted by molar-refractivity contribution is 7.11. The quantitative estimate of drug-likeness (QED) is 0.573. The maximum atomic E-state index is 12.8. The molecule has 30 heavy (non-hydrogen) atoms. The van der Waals surface area contributed by atoms with Crippen molar-refractivity contribution >= 4 is 28.6 Å². The summed E-state index contributed by atoms with van der Waals surface area (Å²) in [6.45, 7) is 3.47. The fourth-order valence-electron chi connectivity index (χ4n) is 3.37. The molecule has 1 aliphatic heterocycles. The number of pyridine rings is 1. The summed E-state index contributed by atoms with van der Waals surface area (Å²) in [5.41, 5.74) is 8.61. The second kappa shape index (κ2) is 8.68. The van der Waals surface area contributed by atoms with Crippen LogP contribution in [0.4, 0.5) is 11.4 Å². The molecule has 0 aliphatic carbocycles. The van der Waals surface area contributed by atoms with E-state index < -0.39 is 0 Å². The number of anilines is 2. The molecule has 1 aliphatic rings. The van der Waals surface area contributed by atoms with Gasteiger partial charge in [0.2, 0.25) is 5.88 Å². The van der Waals surface area contributed by atoms with E-state index in [1.807, 2.05) is 24.3 Å². The zero-order valence-corrected chi connectivity index (χ0v) is 17.4. The van der Waals surface area contributed by atoms with E-state index in [4.69, 9.17) is 10.5 Å². The van der Waals surface area contributed by atoms with Gasteiger partial charge >= 0.3 is 0 Å². The van der Waals surface area contributed by atoms with Crippen molar-refractivity contribution in [2.45, 2.75) is 25.8 Å². The van der Waals surface area contributed by atoms with E-state index in [0.717, 1.165) is 37.3 Å². The normalized spacial score (nSPS) is 14.5. The summed E-state index contributed by atoms with van der Waals surface area (Å²) in [6.07, 6.45) is 1.86. The van der Waals surface area contributed by atoms with Gasteiger partial charge in [0.05, 0.1) is 11.4 Å². The van der Waals surface area contributed by atoms with Crippen LogP contribution in [0.3, 0.4) is 0 Å². The summed E-state index contributed by atoms with van der Waals surface area (Å²) in [4.78, 5) is 23.2. The molecule has 0 spiro atoms. The summed E-state index contributed by atoms with van der Waals surface area (Å²) in [5.74, 6) is -0.0271. The topological polar surface area (TPSA) is 114 Å². The molecule has 1 fully saturated rings. The molecule has 0 bridgehead atoms. The maximum Gasteiger partial charge on any atom is 0.279 e. The van der Waals surface area contributed by atoms with Crippen LogP contribution < -0.4 is 20.7 Å². The zero-order chi connectivity index (χ0) is 21.1. The number of nitrogens with one attached hydrogen (secondary N) is 1. The van der Waals surface area contributed by atoms with Gasteiger partial charge in [0.25, 0.3) is 11.1 Å². The van der Waals surface area contributed by atoms with E-state index in [1.54, 1.807) is 18.4 Å². The highest BCUT2D eigenvalue weighted by atomic mass is 32.1. The van der Waals surface area contributed by atoms with Crippen LogP contribution in [0, 0.1) is 6.92 Å². The Morgan fingerprint density at radius 2 is 2.03 bits per heavy atom. The highest BCUT2D eigenvalue weighted by Gasteiger charge is 2.20. The molecule has 1 aromatic carbocycles. The molecule has 0 atom stereocenters. The third-order valence-corrected chi connectivity index (χ3v) is 5.58. The number of ether oxygens (including phenoxy) is 1. The predicted molar refractivity (Wildman–Crippen MR) is 117 cm³/mol. The monoisotopic (exact) mass is 425 g/mol. The van der Waals surface area contributed by atoms with Gasteiger partial charge in [0.15, 0.2) is 0 Å². The van der Waals surface area contributed by atoms with Crippen LogP contribution in [0.2, 0.25) is 0 Å². The molecule has 0 saturated carbocycles. The maximum absolute atomic E-state index is 12.8. The Kier molecular flexibility index (Phi) is 5.82. The molecular weight excluding hydrogens is 402 g/mol. The summed E-state index contributed by atoms with van der Waals surface area (Å²) in [6, 6.07) is 11.1. The van der Waals surface area contributed by atoms with Crippen LogP contribution in [0.1, 0.15) is 29.0 Å². The number of carbonyl (C=O) groups excluding carboxylic acids is 1. The van der Waals surface area contributed by atoms with Crippen LogP contribution in [-0.2, 0) is 0 Å². The number of piperidine rings is 1. The number of amides is 1. The summed E-state index contributed by atoms with van der Waals surface area (Å²) < 4.78 is 5.66. The molecule has 4 N–H and O–H groups in total. The van der Waals surface area contributed by atoms with Crippen molar-refractivity contribution < 1.29 is 14.6 Å². The third-order valence-electron chi connectivity index (χ3n) is 4.87. The number of nitrogens with zero attached hydrogens (tertiary/aromatic N) is 3. The second-order valence-electron chi connectivity index (χ2n) is 7.20. The minimum absolute atomic E-state index is 0.130. The SMILES string of the molecule is Cc1cc(Oc2nc(C(=O)Nc3ccccc3N3CCC(N)CC3)cs2)cc(O)n1. The van der Waals surface area contributed by atoms with Crippen LogP contribution in [0.5, 0.6) is 16.8 Å². The van der Waals surface area contributed by atoms with Crippen molar-refractivity contribution in [3.8, 4) is 16.8 Å². The minimum Gasteiger partial charge on any atom is -0.493 e. The summed E-state index contributed by atoms with van der Waals surface area (Å²) in [5, 5.41) is 14.5. The van der Waals surface area contributed by atoms with E-state index >= 15 is 0 Å². The molecule has 0 unspecified atom stereocenters. The van der Waals surface area contributed by atoms with Gasteiger partial charge in [-0.05, 0) is 31.9 Å². The molecule has 0 radical (unpaired) electrons. The van der Waals surface area contributed by atoms with E-state index in [1.165, 1.54) is 17.4 Å². The fraction of sp³-hybridized carbons (Fsp3) is 0.286. The summed E-state index contributed by atoms with van der Waals surface area (Å²) >= 11 is 1.21. The molecule has 8 nitrogen and oxygen atoms in total. The lowest BCUT2D eigenvalue weighted by atomic mass is 10.0. The van der Waals surface area contributed by atoms with Crippen LogP contribution in [0.15, 0.2) is 41.8 Å². The van der Waals surface area contributed by atoms with Gasteiger partial charge in [-0.1, -0.05) is 23.5 Å². The number of para-hydroxylation sites is 2. The van der Waals surface area contributed by atoms with Gasteiger partial charge in [0, 0.05) is 42.3 Å².